The van der Waals surface area contributed by atoms with Crippen molar-refractivity contribution in [3.63, 3.8) is 0 Å². The number of pyridine rings is 1. The fourth-order valence-corrected chi connectivity index (χ4v) is 1.89. The summed E-state index contributed by atoms with van der Waals surface area (Å²) in [5.74, 6) is 1.13. The Kier molecular flexibility index (Phi) is 6.64. The number of carbonyl (C=O) groups is 1. The molecule has 106 valence electrons. The van der Waals surface area contributed by atoms with E-state index in [0.717, 1.165) is 12.8 Å². The molecule has 0 saturated heterocycles. The van der Waals surface area contributed by atoms with Crippen LogP contribution < -0.4 is 10.6 Å². The van der Waals surface area contributed by atoms with Gasteiger partial charge in [-0.15, -0.1) is 0 Å². The summed E-state index contributed by atoms with van der Waals surface area (Å²) in [7, 11) is 1.75. The third kappa shape index (κ3) is 5.47. The van der Waals surface area contributed by atoms with Crippen molar-refractivity contribution >= 4 is 23.3 Å². The van der Waals surface area contributed by atoms with Crippen LogP contribution in [-0.2, 0) is 0 Å². The molecule has 0 spiro atoms. The molecule has 1 aromatic rings. The lowest BCUT2D eigenvalue weighted by atomic mass is 10.1. The van der Waals surface area contributed by atoms with E-state index in [1.165, 1.54) is 6.42 Å². The van der Waals surface area contributed by atoms with Crippen LogP contribution >= 0.6 is 11.6 Å². The first-order chi connectivity index (χ1) is 9.04. The molecule has 0 fully saturated rings. The van der Waals surface area contributed by atoms with Gasteiger partial charge in [0.15, 0.2) is 0 Å². The van der Waals surface area contributed by atoms with E-state index in [1.807, 2.05) is 0 Å². The first kappa shape index (κ1) is 15.8. The van der Waals surface area contributed by atoms with Crippen LogP contribution in [0.25, 0.3) is 0 Å². The summed E-state index contributed by atoms with van der Waals surface area (Å²) >= 11 is 5.98. The van der Waals surface area contributed by atoms with Gasteiger partial charge in [0.1, 0.15) is 11.5 Å². The maximum atomic E-state index is 11.9. The lowest BCUT2D eigenvalue weighted by Gasteiger charge is -2.08. The fourth-order valence-electron chi connectivity index (χ4n) is 1.70. The molecule has 1 aromatic heterocycles. The van der Waals surface area contributed by atoms with Crippen molar-refractivity contribution in [2.45, 2.75) is 33.1 Å². The van der Waals surface area contributed by atoms with Crippen LogP contribution in [0.5, 0.6) is 0 Å². The van der Waals surface area contributed by atoms with Gasteiger partial charge in [0.2, 0.25) is 0 Å². The Hall–Kier alpha value is -1.29. The summed E-state index contributed by atoms with van der Waals surface area (Å²) < 4.78 is 0. The molecule has 1 heterocycles. The van der Waals surface area contributed by atoms with Crippen molar-refractivity contribution in [3.05, 3.63) is 22.8 Å². The number of amides is 1. The molecule has 0 radical (unpaired) electrons. The Balaban J connectivity index is 2.45. The standard InChI is InChI=1S/C14H22ClN3O/c1-10(2)6-4-5-9-17-14(19)13-11(15)7-8-12(16-3)18-13/h7-8,10H,4-6,9H2,1-3H3,(H,16,18)(H,17,19). The van der Waals surface area contributed by atoms with E-state index in [9.17, 15) is 4.79 Å². The molecule has 1 rings (SSSR count). The van der Waals surface area contributed by atoms with Gasteiger partial charge in [-0.3, -0.25) is 4.79 Å². The summed E-state index contributed by atoms with van der Waals surface area (Å²) in [5, 5.41) is 6.11. The third-order valence-electron chi connectivity index (χ3n) is 2.81. The van der Waals surface area contributed by atoms with Crippen LogP contribution in [0.2, 0.25) is 5.02 Å². The predicted octanol–water partition coefficient (Wildman–Crippen LogP) is 3.33. The van der Waals surface area contributed by atoms with Gasteiger partial charge < -0.3 is 10.6 Å². The molecule has 0 aliphatic heterocycles. The van der Waals surface area contributed by atoms with E-state index in [4.69, 9.17) is 11.6 Å². The summed E-state index contributed by atoms with van der Waals surface area (Å²) in [6.07, 6.45) is 3.28. The summed E-state index contributed by atoms with van der Waals surface area (Å²) in [4.78, 5) is 16.1. The average Bonchev–Trinajstić information content (AvgIpc) is 2.38. The van der Waals surface area contributed by atoms with E-state index < -0.39 is 0 Å². The molecule has 0 saturated carbocycles. The molecule has 0 atom stereocenters. The van der Waals surface area contributed by atoms with Crippen LogP contribution in [0, 0.1) is 5.92 Å². The Morgan fingerprint density at radius 1 is 1.37 bits per heavy atom. The molecule has 19 heavy (non-hydrogen) atoms. The second-order valence-corrected chi connectivity index (χ2v) is 5.33. The lowest BCUT2D eigenvalue weighted by molar-refractivity contribution is 0.0948. The van der Waals surface area contributed by atoms with E-state index in [-0.39, 0.29) is 11.6 Å². The van der Waals surface area contributed by atoms with Crippen molar-refractivity contribution in [1.82, 2.24) is 10.3 Å². The zero-order valence-electron chi connectivity index (χ0n) is 11.8. The summed E-state index contributed by atoms with van der Waals surface area (Å²) in [5.41, 5.74) is 0.275. The molecule has 0 aromatic carbocycles. The number of hydrogen-bond donors (Lipinski definition) is 2. The van der Waals surface area contributed by atoms with Gasteiger partial charge in [-0.2, -0.15) is 0 Å². The predicted molar refractivity (Wildman–Crippen MR) is 79.8 cm³/mol. The minimum atomic E-state index is -0.216. The highest BCUT2D eigenvalue weighted by molar-refractivity contribution is 6.33. The van der Waals surface area contributed by atoms with E-state index in [0.29, 0.717) is 23.3 Å². The highest BCUT2D eigenvalue weighted by Crippen LogP contribution is 2.16. The number of carbonyl (C=O) groups excluding carboxylic acids is 1. The molecule has 0 unspecified atom stereocenters. The van der Waals surface area contributed by atoms with Crippen LogP contribution in [0.1, 0.15) is 43.6 Å². The molecule has 0 aliphatic carbocycles. The molecular formula is C14H22ClN3O. The van der Waals surface area contributed by atoms with Crippen molar-refractivity contribution in [3.8, 4) is 0 Å². The van der Waals surface area contributed by atoms with E-state index in [1.54, 1.807) is 19.2 Å². The van der Waals surface area contributed by atoms with Crippen molar-refractivity contribution < 1.29 is 4.79 Å². The number of hydrogen-bond acceptors (Lipinski definition) is 3. The lowest BCUT2D eigenvalue weighted by Crippen LogP contribution is -2.26. The van der Waals surface area contributed by atoms with Crippen molar-refractivity contribution in [1.29, 1.82) is 0 Å². The number of anilines is 1. The SMILES string of the molecule is CNc1ccc(Cl)c(C(=O)NCCCCC(C)C)n1. The normalized spacial score (nSPS) is 10.6. The Labute approximate surface area is 120 Å². The monoisotopic (exact) mass is 283 g/mol. The van der Waals surface area contributed by atoms with Crippen LogP contribution in [0.4, 0.5) is 5.82 Å². The van der Waals surface area contributed by atoms with E-state index >= 15 is 0 Å². The van der Waals surface area contributed by atoms with Crippen molar-refractivity contribution in [2.24, 2.45) is 5.92 Å². The van der Waals surface area contributed by atoms with Gasteiger partial charge >= 0.3 is 0 Å². The highest BCUT2D eigenvalue weighted by Gasteiger charge is 2.12. The van der Waals surface area contributed by atoms with Crippen molar-refractivity contribution in [2.75, 3.05) is 18.9 Å². The number of unbranched alkanes of at least 4 members (excludes halogenated alkanes) is 1. The molecule has 5 heteroatoms. The number of nitrogens with zero attached hydrogens (tertiary/aromatic N) is 1. The first-order valence-corrected chi connectivity index (χ1v) is 7.05. The summed E-state index contributed by atoms with van der Waals surface area (Å²) in [6, 6.07) is 3.41. The average molecular weight is 284 g/mol. The number of rotatable bonds is 7. The van der Waals surface area contributed by atoms with Crippen LogP contribution in [0.15, 0.2) is 12.1 Å². The minimum absolute atomic E-state index is 0.216. The van der Waals surface area contributed by atoms with E-state index in [2.05, 4.69) is 29.5 Å². The topological polar surface area (TPSA) is 54.0 Å². The number of aromatic nitrogens is 1. The Bertz CT molecular complexity index is 421. The molecule has 2 N–H and O–H groups in total. The third-order valence-corrected chi connectivity index (χ3v) is 3.12. The molecule has 4 nitrogen and oxygen atoms in total. The van der Waals surface area contributed by atoms with Crippen LogP contribution in [-0.4, -0.2) is 24.5 Å². The first-order valence-electron chi connectivity index (χ1n) is 6.67. The molecular weight excluding hydrogens is 262 g/mol. The zero-order valence-corrected chi connectivity index (χ0v) is 12.5. The van der Waals surface area contributed by atoms with Gasteiger partial charge in [-0.1, -0.05) is 38.3 Å². The van der Waals surface area contributed by atoms with Gasteiger partial charge in [0.25, 0.3) is 5.91 Å². The smallest absolute Gasteiger partial charge is 0.271 e. The quantitative estimate of drug-likeness (QED) is 0.755. The maximum Gasteiger partial charge on any atom is 0.271 e. The fraction of sp³-hybridized carbons (Fsp3) is 0.571. The zero-order chi connectivity index (χ0) is 14.3. The van der Waals surface area contributed by atoms with Gasteiger partial charge in [-0.25, -0.2) is 4.98 Å². The van der Waals surface area contributed by atoms with Crippen LogP contribution in [0.3, 0.4) is 0 Å². The van der Waals surface area contributed by atoms with Gasteiger partial charge in [-0.05, 0) is 24.5 Å². The number of nitrogens with one attached hydrogen (secondary N) is 2. The second-order valence-electron chi connectivity index (χ2n) is 4.92. The molecule has 0 aliphatic rings. The minimum Gasteiger partial charge on any atom is -0.373 e. The molecule has 0 bridgehead atoms. The summed E-state index contributed by atoms with van der Waals surface area (Å²) in [6.45, 7) is 5.06. The maximum absolute atomic E-state index is 11.9. The van der Waals surface area contributed by atoms with Gasteiger partial charge in [0, 0.05) is 13.6 Å². The Morgan fingerprint density at radius 3 is 2.74 bits per heavy atom. The second kappa shape index (κ2) is 8.00. The van der Waals surface area contributed by atoms with Gasteiger partial charge in [0.05, 0.1) is 5.02 Å². The Morgan fingerprint density at radius 2 is 2.11 bits per heavy atom. The molecule has 1 amide bonds. The largest absolute Gasteiger partial charge is 0.373 e. The highest BCUT2D eigenvalue weighted by atomic mass is 35.5. The number of halogens is 1.